The predicted molar refractivity (Wildman–Crippen MR) is 46.6 cm³/mol. The molecule has 66 valence electrons. The van der Waals surface area contributed by atoms with Gasteiger partial charge in [-0.3, -0.25) is 4.79 Å². The minimum atomic E-state index is -0.768. The molecular formula is C8H10O3S. The normalized spacial score (nSPS) is 10.0. The molecule has 1 aromatic heterocycles. The highest BCUT2D eigenvalue weighted by molar-refractivity contribution is 7.10. The fourth-order valence-electron chi connectivity index (χ4n) is 0.914. The van der Waals surface area contributed by atoms with Crippen molar-refractivity contribution < 1.29 is 15.0 Å². The topological polar surface area (TPSA) is 57.5 Å². The summed E-state index contributed by atoms with van der Waals surface area (Å²) < 4.78 is 0. The van der Waals surface area contributed by atoms with Crippen molar-refractivity contribution in [3.63, 3.8) is 0 Å². The smallest absolute Gasteiger partial charge is 0.303 e. The van der Waals surface area contributed by atoms with Gasteiger partial charge < -0.3 is 10.2 Å². The van der Waals surface area contributed by atoms with E-state index in [-0.39, 0.29) is 12.2 Å². The number of carboxylic acids is 1. The van der Waals surface area contributed by atoms with E-state index in [2.05, 4.69) is 0 Å². The van der Waals surface area contributed by atoms with Crippen LogP contribution in [0.2, 0.25) is 0 Å². The van der Waals surface area contributed by atoms with Crippen LogP contribution in [0.1, 0.15) is 17.7 Å². The molecule has 0 aliphatic rings. The number of aliphatic carboxylic acids is 1. The first-order valence-corrected chi connectivity index (χ1v) is 4.54. The summed E-state index contributed by atoms with van der Waals surface area (Å²) >= 11 is 1.46. The standard InChI is InChI=1S/C8H10O3S/c9-6-4-7(12-5-6)2-1-3-8(10)11/h4-5,9H,1-3H2,(H,10,11). The largest absolute Gasteiger partial charge is 0.507 e. The fourth-order valence-corrected chi connectivity index (χ4v) is 1.71. The maximum atomic E-state index is 10.1. The van der Waals surface area contributed by atoms with Crippen molar-refractivity contribution in [2.24, 2.45) is 0 Å². The molecule has 0 aliphatic heterocycles. The summed E-state index contributed by atoms with van der Waals surface area (Å²) in [7, 11) is 0. The second kappa shape index (κ2) is 4.11. The second-order valence-corrected chi connectivity index (χ2v) is 3.51. The van der Waals surface area contributed by atoms with E-state index in [9.17, 15) is 4.79 Å². The Balaban J connectivity index is 2.29. The van der Waals surface area contributed by atoms with Gasteiger partial charge in [0.05, 0.1) is 0 Å². The summed E-state index contributed by atoms with van der Waals surface area (Å²) in [5.41, 5.74) is 0. The van der Waals surface area contributed by atoms with Crippen LogP contribution in [-0.4, -0.2) is 16.2 Å². The number of thiophene rings is 1. The van der Waals surface area contributed by atoms with Crippen LogP contribution in [0.5, 0.6) is 5.75 Å². The third-order valence-corrected chi connectivity index (χ3v) is 2.44. The molecule has 3 nitrogen and oxygen atoms in total. The van der Waals surface area contributed by atoms with Crippen molar-refractivity contribution in [2.45, 2.75) is 19.3 Å². The SMILES string of the molecule is O=C(O)CCCc1cc(O)cs1. The van der Waals surface area contributed by atoms with E-state index < -0.39 is 5.97 Å². The molecule has 1 rings (SSSR count). The van der Waals surface area contributed by atoms with E-state index >= 15 is 0 Å². The Hall–Kier alpha value is -1.03. The lowest BCUT2D eigenvalue weighted by Crippen LogP contribution is -1.94. The molecule has 1 heterocycles. The first kappa shape index (κ1) is 9.06. The zero-order valence-corrected chi connectivity index (χ0v) is 7.30. The molecule has 2 N–H and O–H groups in total. The van der Waals surface area contributed by atoms with Crippen LogP contribution >= 0.6 is 11.3 Å². The zero-order chi connectivity index (χ0) is 8.97. The quantitative estimate of drug-likeness (QED) is 0.754. The molecule has 0 unspecified atom stereocenters. The minimum Gasteiger partial charge on any atom is -0.507 e. The maximum Gasteiger partial charge on any atom is 0.303 e. The first-order chi connectivity index (χ1) is 5.68. The van der Waals surface area contributed by atoms with Crippen LogP contribution in [-0.2, 0) is 11.2 Å². The van der Waals surface area contributed by atoms with Crippen molar-refractivity contribution in [1.82, 2.24) is 0 Å². The van der Waals surface area contributed by atoms with E-state index in [4.69, 9.17) is 10.2 Å². The van der Waals surface area contributed by atoms with Crippen molar-refractivity contribution in [3.8, 4) is 5.75 Å². The molecule has 4 heteroatoms. The summed E-state index contributed by atoms with van der Waals surface area (Å²) in [6.07, 6.45) is 1.56. The zero-order valence-electron chi connectivity index (χ0n) is 6.49. The van der Waals surface area contributed by atoms with Gasteiger partial charge in [-0.2, -0.15) is 0 Å². The van der Waals surface area contributed by atoms with Gasteiger partial charge in [0.2, 0.25) is 0 Å². The number of rotatable bonds is 4. The number of carbonyl (C=O) groups is 1. The Morgan fingerprint density at radius 2 is 2.33 bits per heavy atom. The van der Waals surface area contributed by atoms with Crippen LogP contribution in [0.15, 0.2) is 11.4 Å². The van der Waals surface area contributed by atoms with Crippen LogP contribution < -0.4 is 0 Å². The summed E-state index contributed by atoms with van der Waals surface area (Å²) in [5, 5.41) is 19.0. The Morgan fingerprint density at radius 1 is 1.58 bits per heavy atom. The average molecular weight is 186 g/mol. The molecule has 0 aliphatic carbocycles. The molecule has 0 saturated heterocycles. The van der Waals surface area contributed by atoms with Gasteiger partial charge in [0.15, 0.2) is 0 Å². The molecule has 0 aromatic carbocycles. The summed E-state index contributed by atoms with van der Waals surface area (Å²) in [4.78, 5) is 11.2. The van der Waals surface area contributed by atoms with Crippen LogP contribution in [0.3, 0.4) is 0 Å². The van der Waals surface area contributed by atoms with Crippen molar-refractivity contribution in [3.05, 3.63) is 16.3 Å². The van der Waals surface area contributed by atoms with Crippen molar-refractivity contribution in [1.29, 1.82) is 0 Å². The van der Waals surface area contributed by atoms with E-state index in [1.54, 1.807) is 11.4 Å². The fraction of sp³-hybridized carbons (Fsp3) is 0.375. The molecule has 0 spiro atoms. The minimum absolute atomic E-state index is 0.193. The van der Waals surface area contributed by atoms with Crippen LogP contribution in [0.25, 0.3) is 0 Å². The van der Waals surface area contributed by atoms with Crippen molar-refractivity contribution in [2.75, 3.05) is 0 Å². The summed E-state index contributed by atoms with van der Waals surface area (Å²) in [6, 6.07) is 1.67. The van der Waals surface area contributed by atoms with Gasteiger partial charge >= 0.3 is 5.97 Å². The van der Waals surface area contributed by atoms with Gasteiger partial charge in [0.1, 0.15) is 5.75 Å². The number of aromatic hydroxyl groups is 1. The molecule has 1 aromatic rings. The summed E-state index contributed by atoms with van der Waals surface area (Å²) in [6.45, 7) is 0. The Kier molecular flexibility index (Phi) is 3.10. The van der Waals surface area contributed by atoms with Gasteiger partial charge in [-0.1, -0.05) is 0 Å². The molecule has 12 heavy (non-hydrogen) atoms. The lowest BCUT2D eigenvalue weighted by atomic mass is 10.2. The van der Waals surface area contributed by atoms with E-state index in [1.807, 2.05) is 0 Å². The van der Waals surface area contributed by atoms with Crippen LogP contribution in [0, 0.1) is 0 Å². The van der Waals surface area contributed by atoms with E-state index in [0.29, 0.717) is 6.42 Å². The molecular weight excluding hydrogens is 176 g/mol. The Morgan fingerprint density at radius 3 is 2.83 bits per heavy atom. The lowest BCUT2D eigenvalue weighted by Gasteiger charge is -1.92. The van der Waals surface area contributed by atoms with Gasteiger partial charge in [-0.15, -0.1) is 11.3 Å². The van der Waals surface area contributed by atoms with Crippen LogP contribution in [0.4, 0.5) is 0 Å². The van der Waals surface area contributed by atoms with Gasteiger partial charge in [0, 0.05) is 16.7 Å². The molecule has 0 amide bonds. The highest BCUT2D eigenvalue weighted by Gasteiger charge is 2.00. The lowest BCUT2D eigenvalue weighted by molar-refractivity contribution is -0.137. The number of hydrogen-bond acceptors (Lipinski definition) is 3. The van der Waals surface area contributed by atoms with E-state index in [1.165, 1.54) is 11.3 Å². The molecule has 0 radical (unpaired) electrons. The summed E-state index contributed by atoms with van der Waals surface area (Å²) in [5.74, 6) is -0.499. The molecule has 0 atom stereocenters. The number of aryl methyl sites for hydroxylation is 1. The monoisotopic (exact) mass is 186 g/mol. The maximum absolute atomic E-state index is 10.1. The molecule has 0 bridgehead atoms. The highest BCUT2D eigenvalue weighted by Crippen LogP contribution is 2.21. The second-order valence-electron chi connectivity index (χ2n) is 2.52. The van der Waals surface area contributed by atoms with Gasteiger partial charge in [-0.05, 0) is 18.9 Å². The third kappa shape index (κ3) is 2.92. The molecule has 0 saturated carbocycles. The van der Waals surface area contributed by atoms with Crippen molar-refractivity contribution >= 4 is 17.3 Å². The van der Waals surface area contributed by atoms with Gasteiger partial charge in [0.25, 0.3) is 0 Å². The number of hydrogen-bond donors (Lipinski definition) is 2. The third-order valence-electron chi connectivity index (χ3n) is 1.45. The Bertz CT molecular complexity index is 267. The Labute approximate surface area is 74.3 Å². The predicted octanol–water partition coefficient (Wildman–Crippen LogP) is 1.86. The molecule has 0 fully saturated rings. The highest BCUT2D eigenvalue weighted by atomic mass is 32.1. The first-order valence-electron chi connectivity index (χ1n) is 3.66. The van der Waals surface area contributed by atoms with Gasteiger partial charge in [-0.25, -0.2) is 0 Å². The average Bonchev–Trinajstić information content (AvgIpc) is 2.35. The van der Waals surface area contributed by atoms with E-state index in [0.717, 1.165) is 11.3 Å². The number of carboxylic acid groups (broad SMARTS) is 1.